The largest absolute Gasteiger partial charge is 0.207 e. The first-order chi connectivity index (χ1) is 15.6. The van der Waals surface area contributed by atoms with Crippen LogP contribution in [0.4, 0.5) is 8.78 Å². The van der Waals surface area contributed by atoms with Crippen molar-refractivity contribution in [1.82, 2.24) is 0 Å². The Balaban J connectivity index is 1.46. The van der Waals surface area contributed by atoms with E-state index in [9.17, 15) is 8.78 Å². The Labute approximate surface area is 187 Å². The van der Waals surface area contributed by atoms with Crippen molar-refractivity contribution < 1.29 is 8.78 Å². The molecule has 0 saturated carbocycles. The number of fused-ring (bicyclic) bond motifs is 1. The lowest BCUT2D eigenvalue weighted by Gasteiger charge is -2.01. The van der Waals surface area contributed by atoms with Crippen molar-refractivity contribution in [3.8, 4) is 23.7 Å². The molecule has 4 rings (SSSR count). The Bertz CT molecular complexity index is 1370. The lowest BCUT2D eigenvalue weighted by molar-refractivity contribution is 0.620. The maximum Gasteiger partial charge on any atom is 0.139 e. The normalized spacial score (nSPS) is 10.2. The van der Waals surface area contributed by atoms with E-state index in [1.54, 1.807) is 18.2 Å². The zero-order valence-electron chi connectivity index (χ0n) is 17.9. The van der Waals surface area contributed by atoms with E-state index in [-0.39, 0.29) is 11.6 Å². The summed E-state index contributed by atoms with van der Waals surface area (Å²) in [4.78, 5) is 0. The van der Waals surface area contributed by atoms with E-state index in [0.29, 0.717) is 5.56 Å². The molecule has 0 heterocycles. The average Bonchev–Trinajstić information content (AvgIpc) is 2.81. The van der Waals surface area contributed by atoms with Crippen LogP contribution in [0.2, 0.25) is 0 Å². The van der Waals surface area contributed by atoms with E-state index in [1.807, 2.05) is 48.5 Å². The van der Waals surface area contributed by atoms with Gasteiger partial charge in [0, 0.05) is 16.7 Å². The van der Waals surface area contributed by atoms with Crippen LogP contribution in [0.3, 0.4) is 0 Å². The predicted octanol–water partition coefficient (Wildman–Crippen LogP) is 7.26. The van der Waals surface area contributed by atoms with Crippen molar-refractivity contribution >= 4 is 10.8 Å². The number of rotatable bonds is 3. The summed E-state index contributed by atoms with van der Waals surface area (Å²) in [5, 5.41) is 1.81. The molecule has 0 bridgehead atoms. The molecular weight excluding hydrogens is 398 g/mol. The molecule has 32 heavy (non-hydrogen) atoms. The molecule has 156 valence electrons. The second kappa shape index (κ2) is 9.95. The maximum atomic E-state index is 14.3. The number of unbranched alkanes of at least 4 members (excludes halogenated alkanes) is 1. The number of hydrogen-bond acceptors (Lipinski definition) is 0. The smallest absolute Gasteiger partial charge is 0.139 e. The minimum atomic E-state index is -0.272. The molecule has 0 spiro atoms. The standard InChI is InChI=1S/C30H22F2/c1-2-3-4-24-12-15-26(30(32)20-24)14-11-23-7-5-22(6-8-23)9-10-25-13-16-28-21-29(31)18-17-27(28)19-25/h5-8,12-13,15-21H,2-4H2,1H3. The van der Waals surface area contributed by atoms with Crippen molar-refractivity contribution in [2.24, 2.45) is 0 Å². The topological polar surface area (TPSA) is 0 Å². The highest BCUT2D eigenvalue weighted by molar-refractivity contribution is 5.84. The Hall–Kier alpha value is -3.88. The van der Waals surface area contributed by atoms with Gasteiger partial charge >= 0.3 is 0 Å². The van der Waals surface area contributed by atoms with E-state index < -0.39 is 0 Å². The van der Waals surface area contributed by atoms with Gasteiger partial charge in [0.2, 0.25) is 0 Å². The first-order valence-corrected chi connectivity index (χ1v) is 10.7. The Morgan fingerprint density at radius 2 is 1.25 bits per heavy atom. The van der Waals surface area contributed by atoms with Gasteiger partial charge in [-0.1, -0.05) is 55.2 Å². The Morgan fingerprint density at radius 3 is 1.97 bits per heavy atom. The summed E-state index contributed by atoms with van der Waals surface area (Å²) in [6, 6.07) is 23.3. The molecule has 0 fully saturated rings. The van der Waals surface area contributed by atoms with E-state index >= 15 is 0 Å². The third kappa shape index (κ3) is 5.42. The third-order valence-corrected chi connectivity index (χ3v) is 5.23. The molecule has 0 amide bonds. The van der Waals surface area contributed by atoms with Crippen molar-refractivity contribution in [1.29, 1.82) is 0 Å². The first kappa shape index (κ1) is 21.4. The molecule has 0 saturated heterocycles. The van der Waals surface area contributed by atoms with Gasteiger partial charge in [-0.3, -0.25) is 0 Å². The number of benzene rings is 4. The van der Waals surface area contributed by atoms with Gasteiger partial charge in [0.15, 0.2) is 0 Å². The summed E-state index contributed by atoms with van der Waals surface area (Å²) < 4.78 is 27.6. The van der Waals surface area contributed by atoms with Crippen LogP contribution in [0.1, 0.15) is 47.6 Å². The van der Waals surface area contributed by atoms with Gasteiger partial charge in [-0.15, -0.1) is 0 Å². The van der Waals surface area contributed by atoms with Gasteiger partial charge in [0.25, 0.3) is 0 Å². The van der Waals surface area contributed by atoms with Crippen LogP contribution in [0.25, 0.3) is 10.8 Å². The molecule has 2 heteroatoms. The Morgan fingerprint density at radius 1 is 0.625 bits per heavy atom. The van der Waals surface area contributed by atoms with Crippen LogP contribution in [0.15, 0.2) is 78.9 Å². The SMILES string of the molecule is CCCCc1ccc(C#Cc2ccc(C#Cc3ccc4cc(F)ccc4c3)cc2)c(F)c1. The quantitative estimate of drug-likeness (QED) is 0.306. The lowest BCUT2D eigenvalue weighted by Crippen LogP contribution is -1.90. The highest BCUT2D eigenvalue weighted by Crippen LogP contribution is 2.17. The summed E-state index contributed by atoms with van der Waals surface area (Å²) in [5.41, 5.74) is 3.95. The number of halogens is 2. The maximum absolute atomic E-state index is 14.3. The van der Waals surface area contributed by atoms with Crippen LogP contribution >= 0.6 is 0 Å². The molecule has 0 atom stereocenters. The predicted molar refractivity (Wildman–Crippen MR) is 127 cm³/mol. The van der Waals surface area contributed by atoms with E-state index in [0.717, 1.165) is 52.3 Å². The molecule has 0 aliphatic carbocycles. The second-order valence-corrected chi connectivity index (χ2v) is 7.70. The highest BCUT2D eigenvalue weighted by Gasteiger charge is 2.01. The molecule has 0 aromatic heterocycles. The van der Waals surface area contributed by atoms with Crippen molar-refractivity contribution in [2.45, 2.75) is 26.2 Å². The van der Waals surface area contributed by atoms with Crippen LogP contribution in [0, 0.1) is 35.3 Å². The second-order valence-electron chi connectivity index (χ2n) is 7.70. The van der Waals surface area contributed by atoms with Crippen molar-refractivity contribution in [3.05, 3.63) is 118 Å². The molecule has 0 aliphatic rings. The zero-order valence-corrected chi connectivity index (χ0v) is 17.9. The molecule has 4 aromatic rings. The third-order valence-electron chi connectivity index (χ3n) is 5.23. The average molecular weight is 421 g/mol. The van der Waals surface area contributed by atoms with E-state index in [1.165, 1.54) is 12.1 Å². The molecule has 0 aliphatic heterocycles. The summed E-state index contributed by atoms with van der Waals surface area (Å²) in [5.74, 6) is 11.7. The van der Waals surface area contributed by atoms with Gasteiger partial charge in [0.1, 0.15) is 11.6 Å². The number of hydrogen-bond donors (Lipinski definition) is 0. The Kier molecular flexibility index (Phi) is 6.64. The van der Waals surface area contributed by atoms with E-state index in [2.05, 4.69) is 30.6 Å². The monoisotopic (exact) mass is 420 g/mol. The molecule has 0 N–H and O–H groups in total. The molecular formula is C30H22F2. The fourth-order valence-electron chi connectivity index (χ4n) is 3.41. The van der Waals surface area contributed by atoms with Gasteiger partial charge in [-0.2, -0.15) is 0 Å². The van der Waals surface area contributed by atoms with Crippen LogP contribution < -0.4 is 0 Å². The highest BCUT2D eigenvalue weighted by atomic mass is 19.1. The molecule has 0 unspecified atom stereocenters. The summed E-state index contributed by atoms with van der Waals surface area (Å²) in [6.07, 6.45) is 3.04. The van der Waals surface area contributed by atoms with E-state index in [4.69, 9.17) is 0 Å². The lowest BCUT2D eigenvalue weighted by atomic mass is 10.1. The fourth-order valence-corrected chi connectivity index (χ4v) is 3.41. The van der Waals surface area contributed by atoms with Crippen molar-refractivity contribution in [2.75, 3.05) is 0 Å². The van der Waals surface area contributed by atoms with Crippen molar-refractivity contribution in [3.63, 3.8) is 0 Å². The summed E-state index contributed by atoms with van der Waals surface area (Å²) >= 11 is 0. The summed E-state index contributed by atoms with van der Waals surface area (Å²) in [7, 11) is 0. The van der Waals surface area contributed by atoms with Crippen LogP contribution in [-0.4, -0.2) is 0 Å². The van der Waals surface area contributed by atoms with Gasteiger partial charge in [-0.05, 0) is 89.8 Å². The van der Waals surface area contributed by atoms with Crippen LogP contribution in [-0.2, 0) is 6.42 Å². The molecule has 0 nitrogen and oxygen atoms in total. The van der Waals surface area contributed by atoms with Gasteiger partial charge in [-0.25, -0.2) is 8.78 Å². The summed E-state index contributed by atoms with van der Waals surface area (Å²) in [6.45, 7) is 2.12. The zero-order chi connectivity index (χ0) is 22.3. The minimum absolute atomic E-state index is 0.244. The van der Waals surface area contributed by atoms with Crippen LogP contribution in [0.5, 0.6) is 0 Å². The minimum Gasteiger partial charge on any atom is -0.207 e. The fraction of sp³-hybridized carbons (Fsp3) is 0.133. The number of aryl methyl sites for hydroxylation is 1. The van der Waals surface area contributed by atoms with Gasteiger partial charge in [0.05, 0.1) is 5.56 Å². The van der Waals surface area contributed by atoms with Gasteiger partial charge < -0.3 is 0 Å². The first-order valence-electron chi connectivity index (χ1n) is 10.7. The molecule has 4 aromatic carbocycles. The molecule has 0 radical (unpaired) electrons.